The lowest BCUT2D eigenvalue weighted by molar-refractivity contribution is -0.0727. The lowest BCUT2D eigenvalue weighted by atomic mass is 10.2. The Morgan fingerprint density at radius 1 is 1.67 bits per heavy atom. The summed E-state index contributed by atoms with van der Waals surface area (Å²) in [6.07, 6.45) is 0.566. The van der Waals surface area contributed by atoms with Gasteiger partial charge in [-0.3, -0.25) is 0 Å². The topological polar surface area (TPSA) is 98.7 Å². The number of rotatable bonds is 2. The highest BCUT2D eigenvalue weighted by molar-refractivity contribution is 6.05. The third kappa shape index (κ3) is 1.64. The fourth-order valence-corrected chi connectivity index (χ4v) is 2.09. The van der Waals surface area contributed by atoms with Crippen LogP contribution in [0, 0.1) is 0 Å². The number of nitrogens with zero attached hydrogens (tertiary/aromatic N) is 4. The predicted octanol–water partition coefficient (Wildman–Crippen LogP) is -1.38. The van der Waals surface area contributed by atoms with Crippen LogP contribution in [0.2, 0.25) is 0 Å². The van der Waals surface area contributed by atoms with Crippen LogP contribution in [0.25, 0.3) is 0 Å². The van der Waals surface area contributed by atoms with Crippen molar-refractivity contribution < 1.29 is 14.2 Å². The maximum atomic E-state index is 13.5. The zero-order valence-corrected chi connectivity index (χ0v) is 9.40. The lowest BCUT2D eigenvalue weighted by Crippen LogP contribution is -2.44. The fourth-order valence-electron chi connectivity index (χ4n) is 2.09. The van der Waals surface area contributed by atoms with Gasteiger partial charge in [0.1, 0.15) is 24.3 Å². The van der Waals surface area contributed by atoms with Crippen LogP contribution in [0.3, 0.4) is 0 Å². The number of alkyl halides is 1. The third-order valence-corrected chi connectivity index (χ3v) is 3.01. The van der Waals surface area contributed by atoms with Crippen molar-refractivity contribution in [1.29, 1.82) is 0 Å². The first kappa shape index (κ1) is 11.4. The van der Waals surface area contributed by atoms with E-state index < -0.39 is 18.5 Å². The largest absolute Gasteiger partial charge is 0.394 e. The highest BCUT2D eigenvalue weighted by Crippen LogP contribution is 2.29. The molecule has 3 rings (SSSR count). The van der Waals surface area contributed by atoms with E-state index in [1.54, 1.807) is 11.2 Å². The number of nitrogens with one attached hydrogen (secondary N) is 1. The van der Waals surface area contributed by atoms with Crippen LogP contribution in [0.15, 0.2) is 22.0 Å². The molecule has 8 nitrogen and oxygen atoms in total. The number of fused-ring (bicyclic) bond motifs is 1. The molecule has 0 aliphatic carbocycles. The summed E-state index contributed by atoms with van der Waals surface area (Å²) < 4.78 is 18.9. The highest BCUT2D eigenvalue weighted by Gasteiger charge is 2.42. The van der Waals surface area contributed by atoms with Crippen LogP contribution in [0.4, 0.5) is 4.39 Å². The molecule has 0 spiro atoms. The van der Waals surface area contributed by atoms with Crippen LogP contribution in [0.5, 0.6) is 0 Å². The summed E-state index contributed by atoms with van der Waals surface area (Å²) in [5, 5.41) is 15.8. The number of ether oxygens (including phenoxy) is 1. The summed E-state index contributed by atoms with van der Waals surface area (Å²) in [4.78, 5) is 3.93. The molecule has 18 heavy (non-hydrogen) atoms. The lowest BCUT2D eigenvalue weighted by Gasteiger charge is -2.27. The Hall–Kier alpha value is -1.71. The van der Waals surface area contributed by atoms with Crippen molar-refractivity contribution in [2.24, 2.45) is 15.9 Å². The number of halogens is 1. The summed E-state index contributed by atoms with van der Waals surface area (Å²) in [5.41, 5.74) is 3.32. The van der Waals surface area contributed by atoms with Gasteiger partial charge in [0.05, 0.1) is 12.8 Å². The number of amidine groups is 1. The van der Waals surface area contributed by atoms with Crippen LogP contribution < -0.4 is 11.4 Å². The molecule has 4 N–H and O–H groups in total. The zero-order chi connectivity index (χ0) is 12.7. The van der Waals surface area contributed by atoms with Gasteiger partial charge in [-0.1, -0.05) is 0 Å². The van der Waals surface area contributed by atoms with E-state index in [0.717, 1.165) is 0 Å². The molecule has 1 unspecified atom stereocenters. The van der Waals surface area contributed by atoms with Crippen LogP contribution in [-0.4, -0.2) is 52.4 Å². The van der Waals surface area contributed by atoms with Gasteiger partial charge in [0, 0.05) is 6.42 Å². The minimum absolute atomic E-state index is 0.145. The number of aliphatic hydroxyl groups excluding tert-OH is 1. The van der Waals surface area contributed by atoms with Crippen LogP contribution in [-0.2, 0) is 4.74 Å². The molecule has 98 valence electrons. The molecule has 0 bridgehead atoms. The van der Waals surface area contributed by atoms with Gasteiger partial charge in [-0.05, 0) is 0 Å². The van der Waals surface area contributed by atoms with E-state index in [4.69, 9.17) is 15.7 Å². The number of hydrogen-bond donors (Lipinski definition) is 3. The Bertz CT molecular complexity index is 439. The van der Waals surface area contributed by atoms with Crippen molar-refractivity contribution in [3.05, 3.63) is 11.9 Å². The van der Waals surface area contributed by atoms with Gasteiger partial charge in [0.2, 0.25) is 0 Å². The molecule has 0 aromatic carbocycles. The Morgan fingerprint density at radius 3 is 3.22 bits per heavy atom. The molecular formula is C9H13FN6O2. The first-order chi connectivity index (χ1) is 8.70. The van der Waals surface area contributed by atoms with Crippen molar-refractivity contribution in [1.82, 2.24) is 15.6 Å². The number of hydrazone groups is 1. The molecule has 3 aliphatic heterocycles. The van der Waals surface area contributed by atoms with Gasteiger partial charge in [-0.15, -0.1) is 5.10 Å². The average molecular weight is 256 g/mol. The maximum Gasteiger partial charge on any atom is 0.197 e. The predicted molar refractivity (Wildman–Crippen MR) is 60.3 cm³/mol. The smallest absolute Gasteiger partial charge is 0.197 e. The number of nitrogens with two attached hydrogens (primary N) is 1. The summed E-state index contributed by atoms with van der Waals surface area (Å²) in [7, 11) is 0. The van der Waals surface area contributed by atoms with Gasteiger partial charge in [-0.2, -0.15) is 0 Å². The molecule has 0 radical (unpaired) electrons. The highest BCUT2D eigenvalue weighted by atomic mass is 19.1. The molecule has 1 fully saturated rings. The van der Waals surface area contributed by atoms with Crippen molar-refractivity contribution >= 4 is 12.2 Å². The van der Waals surface area contributed by atoms with Crippen molar-refractivity contribution in [2.45, 2.75) is 24.9 Å². The summed E-state index contributed by atoms with van der Waals surface area (Å²) in [5.74, 6) is 6.14. The minimum atomic E-state index is -1.20. The third-order valence-electron chi connectivity index (χ3n) is 3.01. The summed E-state index contributed by atoms with van der Waals surface area (Å²) in [6, 6.07) is 0. The maximum absolute atomic E-state index is 13.5. The molecule has 3 aliphatic rings. The molecular weight excluding hydrogens is 243 g/mol. The van der Waals surface area contributed by atoms with Gasteiger partial charge in [-0.25, -0.2) is 30.8 Å². The first-order valence-electron chi connectivity index (χ1n) is 5.51. The summed E-state index contributed by atoms with van der Waals surface area (Å²) in [6.45, 7) is -0.348. The Morgan fingerprint density at radius 2 is 2.50 bits per heavy atom. The zero-order valence-electron chi connectivity index (χ0n) is 9.40. The van der Waals surface area contributed by atoms with Crippen LogP contribution in [0.1, 0.15) is 6.42 Å². The monoisotopic (exact) mass is 256 g/mol. The molecule has 0 aromatic heterocycles. The van der Waals surface area contributed by atoms with E-state index in [1.165, 1.54) is 11.3 Å². The Kier molecular flexibility index (Phi) is 2.65. The van der Waals surface area contributed by atoms with E-state index in [9.17, 15) is 4.39 Å². The van der Waals surface area contributed by atoms with E-state index in [1.807, 2.05) is 0 Å². The Balaban J connectivity index is 1.77. The number of hydrazine groups is 2. The molecule has 3 heterocycles. The van der Waals surface area contributed by atoms with E-state index in [-0.39, 0.29) is 13.0 Å². The quantitative estimate of drug-likeness (QED) is 0.527. The summed E-state index contributed by atoms with van der Waals surface area (Å²) >= 11 is 0. The fraction of sp³-hybridized carbons (Fsp3) is 0.556. The second-order valence-corrected chi connectivity index (χ2v) is 4.16. The van der Waals surface area contributed by atoms with Crippen LogP contribution >= 0.6 is 0 Å². The standard InChI is InChI=1S/C9H13FN6O2/c10-5-1-8(18-7(5)3-17)16-6-2-12-4-15(11)9(6)13-14-16/h2,4-5,7-8,14,17H,1,3,11H2/t5?,7-,8+/m1/s1. The second-order valence-electron chi connectivity index (χ2n) is 4.16. The van der Waals surface area contributed by atoms with Crippen molar-refractivity contribution in [3.8, 4) is 0 Å². The molecule has 0 amide bonds. The minimum Gasteiger partial charge on any atom is -0.394 e. The number of aliphatic imine (C=N–C) groups is 1. The second kappa shape index (κ2) is 4.19. The van der Waals surface area contributed by atoms with Gasteiger partial charge in [0.25, 0.3) is 0 Å². The van der Waals surface area contributed by atoms with Gasteiger partial charge < -0.3 is 9.84 Å². The normalized spacial score (nSPS) is 34.3. The van der Waals surface area contributed by atoms with Gasteiger partial charge >= 0.3 is 0 Å². The first-order valence-corrected chi connectivity index (χ1v) is 5.51. The van der Waals surface area contributed by atoms with Gasteiger partial charge in [0.15, 0.2) is 12.1 Å². The number of hydrogen-bond acceptors (Lipinski definition) is 8. The molecule has 1 saturated heterocycles. The molecule has 0 saturated carbocycles. The van der Waals surface area contributed by atoms with E-state index >= 15 is 0 Å². The molecule has 9 heteroatoms. The SMILES string of the molecule is NN1C=NC=C2C1=NNN2[C@@H]1CC(F)[C@@H](CO)O1. The number of aliphatic hydroxyl groups is 1. The average Bonchev–Trinajstić information content (AvgIpc) is 2.93. The van der Waals surface area contributed by atoms with E-state index in [0.29, 0.717) is 11.5 Å². The van der Waals surface area contributed by atoms with E-state index in [2.05, 4.69) is 15.6 Å². The molecule has 0 aromatic rings. The molecule has 3 atom stereocenters. The van der Waals surface area contributed by atoms with Crippen molar-refractivity contribution in [3.63, 3.8) is 0 Å². The van der Waals surface area contributed by atoms with Crippen molar-refractivity contribution in [2.75, 3.05) is 6.61 Å². The Labute approximate surface area is 102 Å².